The number of rotatable bonds is 5. The highest BCUT2D eigenvalue weighted by atomic mass is 16.5. The van der Waals surface area contributed by atoms with Crippen molar-refractivity contribution in [3.8, 4) is 5.75 Å². The number of ketones is 1. The summed E-state index contributed by atoms with van der Waals surface area (Å²) in [6.07, 6.45) is 0. The number of methoxy groups -OCH3 is 1. The number of nitrogens with zero attached hydrogens (tertiary/aromatic N) is 1. The van der Waals surface area contributed by atoms with Crippen molar-refractivity contribution in [3.63, 3.8) is 0 Å². The Kier molecular flexibility index (Phi) is 4.77. The van der Waals surface area contributed by atoms with E-state index >= 15 is 0 Å². The maximum Gasteiger partial charge on any atom is 0.261 e. The number of amides is 3. The molecule has 1 aliphatic heterocycles. The maximum absolute atomic E-state index is 12.9. The number of ether oxygens (including phenoxy) is 1. The summed E-state index contributed by atoms with van der Waals surface area (Å²) in [5, 5.41) is 2.61. The van der Waals surface area contributed by atoms with E-state index < -0.39 is 24.1 Å². The van der Waals surface area contributed by atoms with Crippen molar-refractivity contribution in [2.24, 2.45) is 0 Å². The Morgan fingerprint density at radius 3 is 2.19 bits per heavy atom. The van der Waals surface area contributed by atoms with Crippen LogP contribution in [0.3, 0.4) is 0 Å². The van der Waals surface area contributed by atoms with E-state index in [1.807, 2.05) is 0 Å². The number of benzene rings is 2. The SMILES string of the molecule is COc1cc(C(=O)CN2C(=O)c3ccccc3C2=O)c(NC(C)=O)cc1C. The third-order valence-electron chi connectivity index (χ3n) is 4.33. The average Bonchev–Trinajstić information content (AvgIpc) is 2.86. The van der Waals surface area contributed by atoms with Gasteiger partial charge in [0.25, 0.3) is 11.8 Å². The van der Waals surface area contributed by atoms with Crippen LogP contribution >= 0.6 is 0 Å². The monoisotopic (exact) mass is 366 g/mol. The number of fused-ring (bicyclic) bond motifs is 1. The van der Waals surface area contributed by atoms with Gasteiger partial charge in [0.05, 0.1) is 30.5 Å². The van der Waals surface area contributed by atoms with Crippen LogP contribution in [-0.2, 0) is 4.79 Å². The summed E-state index contributed by atoms with van der Waals surface area (Å²) < 4.78 is 5.25. The third kappa shape index (κ3) is 3.31. The van der Waals surface area contributed by atoms with Crippen LogP contribution in [0.2, 0.25) is 0 Å². The molecule has 1 N–H and O–H groups in total. The minimum Gasteiger partial charge on any atom is -0.496 e. The smallest absolute Gasteiger partial charge is 0.261 e. The number of imide groups is 1. The summed E-state index contributed by atoms with van der Waals surface area (Å²) in [5.74, 6) is -1.37. The first kappa shape index (κ1) is 18.3. The van der Waals surface area contributed by atoms with Gasteiger partial charge in [-0.25, -0.2) is 0 Å². The van der Waals surface area contributed by atoms with Crippen LogP contribution in [0.25, 0.3) is 0 Å². The molecule has 138 valence electrons. The molecule has 7 nitrogen and oxygen atoms in total. The Labute approximate surface area is 155 Å². The van der Waals surface area contributed by atoms with Gasteiger partial charge in [-0.1, -0.05) is 12.1 Å². The second-order valence-electron chi connectivity index (χ2n) is 6.21. The highest BCUT2D eigenvalue weighted by Gasteiger charge is 2.36. The van der Waals surface area contributed by atoms with Gasteiger partial charge in [-0.2, -0.15) is 0 Å². The van der Waals surface area contributed by atoms with Crippen molar-refractivity contribution in [2.75, 3.05) is 19.0 Å². The summed E-state index contributed by atoms with van der Waals surface area (Å²) in [6, 6.07) is 9.55. The number of anilines is 1. The van der Waals surface area contributed by atoms with Crippen LogP contribution in [0, 0.1) is 6.92 Å². The lowest BCUT2D eigenvalue weighted by atomic mass is 10.0. The summed E-state index contributed by atoms with van der Waals surface area (Å²) >= 11 is 0. The molecule has 0 bridgehead atoms. The standard InChI is InChI=1S/C20H18N2O5/c1-11-8-16(21-12(2)23)15(9-18(11)27-3)17(24)10-22-19(25)13-6-4-5-7-14(13)20(22)26/h4-9H,10H2,1-3H3,(H,21,23). The number of nitrogens with one attached hydrogen (secondary N) is 1. The molecule has 0 aliphatic carbocycles. The van der Waals surface area contributed by atoms with Crippen LogP contribution in [0.1, 0.15) is 43.6 Å². The number of Topliss-reactive ketones (excluding diaryl/α,β-unsaturated/α-hetero) is 1. The predicted molar refractivity (Wildman–Crippen MR) is 98.2 cm³/mol. The lowest BCUT2D eigenvalue weighted by Gasteiger charge is -2.17. The zero-order valence-electron chi connectivity index (χ0n) is 15.2. The second-order valence-corrected chi connectivity index (χ2v) is 6.21. The first-order valence-corrected chi connectivity index (χ1v) is 8.28. The van der Waals surface area contributed by atoms with Gasteiger partial charge in [0.2, 0.25) is 5.91 Å². The number of aryl methyl sites for hydroxylation is 1. The van der Waals surface area contributed by atoms with Crippen LogP contribution < -0.4 is 10.1 Å². The van der Waals surface area contributed by atoms with E-state index in [0.29, 0.717) is 11.4 Å². The van der Waals surface area contributed by atoms with Gasteiger partial charge < -0.3 is 10.1 Å². The van der Waals surface area contributed by atoms with E-state index in [0.717, 1.165) is 10.5 Å². The molecule has 0 aromatic heterocycles. The van der Waals surface area contributed by atoms with Gasteiger partial charge in [-0.3, -0.25) is 24.1 Å². The molecule has 3 rings (SSSR count). The fourth-order valence-corrected chi connectivity index (χ4v) is 3.04. The van der Waals surface area contributed by atoms with Crippen LogP contribution in [-0.4, -0.2) is 42.1 Å². The van der Waals surface area contributed by atoms with Gasteiger partial charge in [0, 0.05) is 12.5 Å². The number of hydrogen-bond acceptors (Lipinski definition) is 5. The summed E-state index contributed by atoms with van der Waals surface area (Å²) in [6.45, 7) is 2.69. The minimum atomic E-state index is -0.510. The number of carbonyl (C=O) groups excluding carboxylic acids is 4. The molecule has 0 fully saturated rings. The lowest BCUT2D eigenvalue weighted by molar-refractivity contribution is -0.114. The fourth-order valence-electron chi connectivity index (χ4n) is 3.04. The molecule has 0 saturated carbocycles. The zero-order chi connectivity index (χ0) is 19.7. The van der Waals surface area contributed by atoms with E-state index in [4.69, 9.17) is 4.74 Å². The molecule has 0 saturated heterocycles. The molecule has 7 heteroatoms. The van der Waals surface area contributed by atoms with Crippen LogP contribution in [0.15, 0.2) is 36.4 Å². The van der Waals surface area contributed by atoms with Crippen LogP contribution in [0.5, 0.6) is 5.75 Å². The topological polar surface area (TPSA) is 92.8 Å². The van der Waals surface area contributed by atoms with Crippen molar-refractivity contribution in [3.05, 3.63) is 58.7 Å². The van der Waals surface area contributed by atoms with Crippen molar-refractivity contribution < 1.29 is 23.9 Å². The zero-order valence-corrected chi connectivity index (χ0v) is 15.2. The fraction of sp³-hybridized carbons (Fsp3) is 0.200. The lowest BCUT2D eigenvalue weighted by Crippen LogP contribution is -2.35. The molecule has 0 unspecified atom stereocenters. The van der Waals surface area contributed by atoms with E-state index in [-0.39, 0.29) is 22.6 Å². The first-order chi connectivity index (χ1) is 12.8. The van der Waals surface area contributed by atoms with E-state index in [2.05, 4.69) is 5.32 Å². The molecule has 1 heterocycles. The number of hydrogen-bond donors (Lipinski definition) is 1. The molecule has 3 amide bonds. The van der Waals surface area contributed by atoms with Crippen LogP contribution in [0.4, 0.5) is 5.69 Å². The maximum atomic E-state index is 12.9. The molecule has 0 atom stereocenters. The van der Waals surface area contributed by atoms with Crippen molar-refractivity contribution in [1.29, 1.82) is 0 Å². The summed E-state index contributed by atoms with van der Waals surface area (Å²) in [4.78, 5) is 50.2. The van der Waals surface area contributed by atoms with Gasteiger partial charge >= 0.3 is 0 Å². The van der Waals surface area contributed by atoms with Crippen molar-refractivity contribution in [2.45, 2.75) is 13.8 Å². The quantitative estimate of drug-likeness (QED) is 0.648. The first-order valence-electron chi connectivity index (χ1n) is 8.28. The molecular formula is C20H18N2O5. The molecule has 2 aromatic carbocycles. The molecular weight excluding hydrogens is 348 g/mol. The highest BCUT2D eigenvalue weighted by Crippen LogP contribution is 2.28. The van der Waals surface area contributed by atoms with Crippen molar-refractivity contribution in [1.82, 2.24) is 4.90 Å². The van der Waals surface area contributed by atoms with E-state index in [9.17, 15) is 19.2 Å². The van der Waals surface area contributed by atoms with Gasteiger partial charge in [-0.15, -0.1) is 0 Å². The highest BCUT2D eigenvalue weighted by molar-refractivity contribution is 6.23. The Balaban J connectivity index is 1.94. The van der Waals surface area contributed by atoms with Crippen molar-refractivity contribution >= 4 is 29.2 Å². The summed E-state index contributed by atoms with van der Waals surface area (Å²) in [5.41, 5.74) is 1.77. The Bertz CT molecular complexity index is 945. The van der Waals surface area contributed by atoms with Gasteiger partial charge in [-0.05, 0) is 36.8 Å². The molecule has 2 aromatic rings. The largest absolute Gasteiger partial charge is 0.496 e. The molecule has 1 aliphatic rings. The Morgan fingerprint density at radius 2 is 1.67 bits per heavy atom. The van der Waals surface area contributed by atoms with Gasteiger partial charge in [0.1, 0.15) is 5.75 Å². The Morgan fingerprint density at radius 1 is 1.07 bits per heavy atom. The molecule has 27 heavy (non-hydrogen) atoms. The number of carbonyl (C=O) groups is 4. The Hall–Kier alpha value is -3.48. The minimum absolute atomic E-state index is 0.171. The van der Waals surface area contributed by atoms with E-state index in [1.165, 1.54) is 20.1 Å². The third-order valence-corrected chi connectivity index (χ3v) is 4.33. The second kappa shape index (κ2) is 7.03. The van der Waals surface area contributed by atoms with E-state index in [1.54, 1.807) is 37.3 Å². The predicted octanol–water partition coefficient (Wildman–Crippen LogP) is 2.44. The molecule has 0 radical (unpaired) electrons. The molecule has 0 spiro atoms. The van der Waals surface area contributed by atoms with Gasteiger partial charge in [0.15, 0.2) is 5.78 Å². The average molecular weight is 366 g/mol. The summed E-state index contributed by atoms with van der Waals surface area (Å²) in [7, 11) is 1.47. The normalized spacial score (nSPS) is 12.8.